The molecule has 4 aromatic carbocycles. The van der Waals surface area contributed by atoms with Gasteiger partial charge < -0.3 is 13.6 Å². The largest absolute Gasteiger partial charge is 0.469 e. The van der Waals surface area contributed by atoms with Gasteiger partial charge in [0.05, 0.1) is 19.6 Å². The number of unbranched alkanes of at least 4 members (excludes halogenated alkanes) is 1. The number of rotatable bonds is 14. The summed E-state index contributed by atoms with van der Waals surface area (Å²) in [6.07, 6.45) is 5.37. The zero-order chi connectivity index (χ0) is 40.1. The van der Waals surface area contributed by atoms with Crippen LogP contribution in [0.25, 0.3) is 0 Å². The zero-order valence-electron chi connectivity index (χ0n) is 35.0. The van der Waals surface area contributed by atoms with E-state index in [2.05, 4.69) is 183 Å². The summed E-state index contributed by atoms with van der Waals surface area (Å²) in [7, 11) is -3.82. The highest BCUT2D eigenvalue weighted by atomic mass is 32.2. The van der Waals surface area contributed by atoms with Gasteiger partial charge in [-0.25, -0.2) is 0 Å². The fraction of sp³-hybridized carbons (Fsp3) is 0.408. The number of ether oxygens (including phenoxy) is 1. The molecule has 1 aliphatic carbocycles. The lowest BCUT2D eigenvalue weighted by atomic mass is 9.76. The summed E-state index contributed by atoms with van der Waals surface area (Å²) in [5.41, 5.74) is 3.92. The van der Waals surface area contributed by atoms with E-state index in [1.54, 1.807) is 0 Å². The van der Waals surface area contributed by atoms with Crippen LogP contribution in [0.3, 0.4) is 0 Å². The molecule has 0 fully saturated rings. The molecule has 4 atom stereocenters. The topological polar surface area (TPSA) is 44.8 Å². The number of benzene rings is 4. The third-order valence-corrected chi connectivity index (χ3v) is 23.9. The lowest BCUT2D eigenvalue weighted by Crippen LogP contribution is -2.66. The van der Waals surface area contributed by atoms with Gasteiger partial charge >= 0.3 is 5.97 Å². The van der Waals surface area contributed by atoms with Crippen LogP contribution in [0.15, 0.2) is 144 Å². The Balaban J connectivity index is 1.25. The van der Waals surface area contributed by atoms with E-state index in [1.165, 1.54) is 44.6 Å². The van der Waals surface area contributed by atoms with Crippen LogP contribution in [0.1, 0.15) is 74.7 Å². The Hall–Kier alpha value is -3.47. The Labute approximate surface area is 343 Å². The molecule has 6 rings (SSSR count). The van der Waals surface area contributed by atoms with Crippen molar-refractivity contribution >= 4 is 55.1 Å². The van der Waals surface area contributed by atoms with Gasteiger partial charge in [0, 0.05) is 17.1 Å². The molecule has 56 heavy (non-hydrogen) atoms. The van der Waals surface area contributed by atoms with Gasteiger partial charge in [0.25, 0.3) is 16.6 Å². The molecular weight excluding hydrogens is 741 g/mol. The maximum Gasteiger partial charge on any atom is 0.310 e. The van der Waals surface area contributed by atoms with Gasteiger partial charge in [0.15, 0.2) is 0 Å². The van der Waals surface area contributed by atoms with Crippen LogP contribution < -0.4 is 20.7 Å². The van der Waals surface area contributed by atoms with E-state index in [-0.39, 0.29) is 33.1 Å². The monoisotopic (exact) mass is 802 g/mol. The zero-order valence-corrected chi connectivity index (χ0v) is 37.8. The van der Waals surface area contributed by atoms with Gasteiger partial charge in [-0.3, -0.25) is 4.79 Å². The highest BCUT2D eigenvalue weighted by molar-refractivity contribution is 8.01. The number of fused-ring (bicyclic) bond motifs is 1. The Morgan fingerprint density at radius 2 is 1.09 bits per heavy atom. The van der Waals surface area contributed by atoms with Gasteiger partial charge in [0.2, 0.25) is 0 Å². The first-order chi connectivity index (χ1) is 26.8. The first-order valence-corrected chi connectivity index (χ1v) is 25.2. The summed E-state index contributed by atoms with van der Waals surface area (Å²) in [4.78, 5) is 13.4. The molecule has 0 N–H and O–H groups in total. The predicted molar refractivity (Wildman–Crippen MR) is 242 cm³/mol. The molecule has 4 aromatic rings. The smallest absolute Gasteiger partial charge is 0.310 e. The van der Waals surface area contributed by atoms with E-state index < -0.39 is 16.6 Å². The SMILES string of the molecule is COC(=O)[C@H]1[C@@H](C)C=C(CO[Si](c2ccccc2)(c2ccccc2)C(C)(C)C)C2=C(C)[C@H](CCCCO[Si](c3ccccc3)(c3ccccc3)C(C)(C)C)S[C@@H]21. The molecule has 0 saturated carbocycles. The number of methoxy groups -OCH3 is 1. The summed E-state index contributed by atoms with van der Waals surface area (Å²) in [5, 5.41) is 5.36. The van der Waals surface area contributed by atoms with Crippen LogP contribution in [0.4, 0.5) is 0 Å². The van der Waals surface area contributed by atoms with Crippen molar-refractivity contribution in [3.05, 3.63) is 144 Å². The molecule has 296 valence electrons. The molecule has 0 amide bonds. The van der Waals surface area contributed by atoms with Crippen LogP contribution in [0, 0.1) is 11.8 Å². The fourth-order valence-corrected chi connectivity index (χ4v) is 20.6. The molecule has 0 saturated heterocycles. The molecule has 2 aliphatic rings. The van der Waals surface area contributed by atoms with Gasteiger partial charge in [-0.2, -0.15) is 0 Å². The molecule has 1 aliphatic heterocycles. The van der Waals surface area contributed by atoms with Crippen molar-refractivity contribution in [2.75, 3.05) is 20.3 Å². The van der Waals surface area contributed by atoms with E-state index in [0.29, 0.717) is 18.5 Å². The molecule has 0 aromatic heterocycles. The molecule has 0 unspecified atom stereocenters. The Kier molecular flexibility index (Phi) is 13.2. The van der Waals surface area contributed by atoms with Gasteiger partial charge in [-0.05, 0) is 74.1 Å². The lowest BCUT2D eigenvalue weighted by molar-refractivity contribution is -0.146. The second kappa shape index (κ2) is 17.6. The number of allylic oxidation sites excluding steroid dienone is 1. The van der Waals surface area contributed by atoms with Gasteiger partial charge in [-0.1, -0.05) is 181 Å². The number of hydrogen-bond donors (Lipinski definition) is 0. The maximum atomic E-state index is 13.4. The van der Waals surface area contributed by atoms with Crippen LogP contribution in [-0.2, 0) is 18.4 Å². The first kappa shape index (κ1) is 42.1. The summed E-state index contributed by atoms with van der Waals surface area (Å²) in [6, 6.07) is 43.6. The highest BCUT2D eigenvalue weighted by Crippen LogP contribution is 2.52. The molecule has 4 nitrogen and oxygen atoms in total. The highest BCUT2D eigenvalue weighted by Gasteiger charge is 2.52. The molecule has 0 spiro atoms. The lowest BCUT2D eigenvalue weighted by Gasteiger charge is -2.44. The van der Waals surface area contributed by atoms with E-state index in [1.807, 2.05) is 11.8 Å². The maximum absolute atomic E-state index is 13.4. The minimum atomic E-state index is -2.76. The van der Waals surface area contributed by atoms with Crippen molar-refractivity contribution in [1.29, 1.82) is 0 Å². The molecule has 0 radical (unpaired) electrons. The van der Waals surface area contributed by atoms with Crippen LogP contribution in [-0.4, -0.2) is 53.4 Å². The van der Waals surface area contributed by atoms with Gasteiger partial charge in [-0.15, -0.1) is 11.8 Å². The van der Waals surface area contributed by atoms with Crippen molar-refractivity contribution in [3.63, 3.8) is 0 Å². The number of hydrogen-bond acceptors (Lipinski definition) is 5. The molecular formula is C49H62O4SSi2. The summed E-state index contributed by atoms with van der Waals surface area (Å²) in [5.74, 6) is -0.314. The summed E-state index contributed by atoms with van der Waals surface area (Å²) >= 11 is 1.96. The van der Waals surface area contributed by atoms with Crippen LogP contribution >= 0.6 is 11.8 Å². The number of carbonyl (C=O) groups excluding carboxylic acids is 1. The minimum absolute atomic E-state index is 0.0351. The third-order valence-electron chi connectivity index (χ3n) is 12.1. The number of thioether (sulfide) groups is 1. The normalized spacial score (nSPS) is 20.4. The average molecular weight is 803 g/mol. The van der Waals surface area contributed by atoms with Crippen molar-refractivity contribution in [3.8, 4) is 0 Å². The summed E-state index contributed by atoms with van der Waals surface area (Å²) < 4.78 is 20.2. The Bertz CT molecular complexity index is 1890. The van der Waals surface area contributed by atoms with E-state index in [4.69, 9.17) is 13.6 Å². The van der Waals surface area contributed by atoms with Gasteiger partial charge in [0.1, 0.15) is 0 Å². The van der Waals surface area contributed by atoms with Crippen LogP contribution in [0.2, 0.25) is 10.1 Å². The Morgan fingerprint density at radius 3 is 1.50 bits per heavy atom. The van der Waals surface area contributed by atoms with E-state index >= 15 is 0 Å². The van der Waals surface area contributed by atoms with E-state index in [9.17, 15) is 4.79 Å². The quantitative estimate of drug-likeness (QED) is 0.0723. The average Bonchev–Trinajstić information content (AvgIpc) is 3.51. The number of esters is 1. The standard InChI is InChI=1S/C49H62O4SSi2/c1-36-34-38(35-53-56(49(6,7)8,41-28-18-12-19-29-41)42-30-20-13-21-31-42)45-37(2)43(54-46(45)44(36)47(50)51-9)32-22-23-33-52-55(48(3,4)5,39-24-14-10-15-25-39)40-26-16-11-17-27-40/h10-21,24-31,34,36,43-44,46H,22-23,32-33,35H2,1-9H3/t36-,43-,44-,46+/m0/s1. The molecule has 1 heterocycles. The first-order valence-electron chi connectivity index (χ1n) is 20.4. The molecule has 7 heteroatoms. The Morgan fingerprint density at radius 1 is 0.661 bits per heavy atom. The van der Waals surface area contributed by atoms with Crippen molar-refractivity contribution in [2.24, 2.45) is 11.8 Å². The number of carbonyl (C=O) groups is 1. The fourth-order valence-electron chi connectivity index (χ4n) is 9.48. The molecule has 0 bridgehead atoms. The van der Waals surface area contributed by atoms with Crippen LogP contribution in [0.5, 0.6) is 0 Å². The third kappa shape index (κ3) is 8.12. The second-order valence-corrected chi connectivity index (χ2v) is 27.7. The van der Waals surface area contributed by atoms with Crippen molar-refractivity contribution in [2.45, 2.75) is 95.2 Å². The predicted octanol–water partition coefficient (Wildman–Crippen LogP) is 9.48. The van der Waals surface area contributed by atoms with Crippen molar-refractivity contribution < 1.29 is 18.4 Å². The minimum Gasteiger partial charge on any atom is -0.469 e. The summed E-state index contributed by atoms with van der Waals surface area (Å²) in [6.45, 7) is 19.7. The van der Waals surface area contributed by atoms with E-state index in [0.717, 1.165) is 19.3 Å². The van der Waals surface area contributed by atoms with Crippen molar-refractivity contribution in [1.82, 2.24) is 0 Å². The second-order valence-electron chi connectivity index (χ2n) is 17.7.